The molecule has 3 N–H and O–H groups in total. The molecule has 0 saturated heterocycles. The van der Waals surface area contributed by atoms with Gasteiger partial charge in [0.2, 0.25) is 0 Å². The summed E-state index contributed by atoms with van der Waals surface area (Å²) in [7, 11) is 0. The first kappa shape index (κ1) is 14.3. The number of carbonyl (C=O) groups is 1. The third-order valence-electron chi connectivity index (χ3n) is 2.48. The maximum atomic E-state index is 12.6. The van der Waals surface area contributed by atoms with E-state index in [1.807, 2.05) is 0 Å². The minimum atomic E-state index is -0.305. The summed E-state index contributed by atoms with van der Waals surface area (Å²) in [5, 5.41) is 2.74. The van der Waals surface area contributed by atoms with E-state index in [0.717, 1.165) is 12.8 Å². The fraction of sp³-hybridized carbons (Fsp3) is 0.462. The highest BCUT2D eigenvalue weighted by Gasteiger charge is 1.98. The standard InChI is InChI=1S/C13H20FN3O/c1-2-3-4-5-10-15-13(18)17-16-12-8-6-11(14)7-9-12/h6-9,16H,2-5,10H2,1H3,(H2,15,17,18). The molecule has 0 aliphatic carbocycles. The van der Waals surface area contributed by atoms with Crippen LogP contribution >= 0.6 is 0 Å². The number of unbranched alkanes of at least 4 members (excludes halogenated alkanes) is 3. The fourth-order valence-electron chi connectivity index (χ4n) is 1.46. The summed E-state index contributed by atoms with van der Waals surface area (Å²) in [6.45, 7) is 2.81. The molecule has 2 amide bonds. The predicted molar refractivity (Wildman–Crippen MR) is 70.7 cm³/mol. The Kier molecular flexibility index (Phi) is 6.61. The largest absolute Gasteiger partial charge is 0.337 e. The summed E-state index contributed by atoms with van der Waals surface area (Å²) >= 11 is 0. The van der Waals surface area contributed by atoms with E-state index in [9.17, 15) is 9.18 Å². The van der Waals surface area contributed by atoms with E-state index in [1.165, 1.54) is 25.0 Å². The first-order valence-corrected chi connectivity index (χ1v) is 6.28. The average molecular weight is 253 g/mol. The molecule has 4 nitrogen and oxygen atoms in total. The molecule has 100 valence electrons. The number of nitrogens with one attached hydrogen (secondary N) is 3. The maximum absolute atomic E-state index is 12.6. The Balaban J connectivity index is 2.11. The normalized spacial score (nSPS) is 9.89. The van der Waals surface area contributed by atoms with Crippen molar-refractivity contribution in [1.29, 1.82) is 0 Å². The van der Waals surface area contributed by atoms with E-state index in [0.29, 0.717) is 12.2 Å². The Morgan fingerprint density at radius 3 is 2.56 bits per heavy atom. The lowest BCUT2D eigenvalue weighted by Crippen LogP contribution is -2.39. The molecule has 5 heteroatoms. The summed E-state index contributed by atoms with van der Waals surface area (Å²) < 4.78 is 12.6. The highest BCUT2D eigenvalue weighted by atomic mass is 19.1. The van der Waals surface area contributed by atoms with Crippen LogP contribution in [0.4, 0.5) is 14.9 Å². The zero-order valence-electron chi connectivity index (χ0n) is 10.6. The van der Waals surface area contributed by atoms with Gasteiger partial charge in [0, 0.05) is 6.54 Å². The van der Waals surface area contributed by atoms with Gasteiger partial charge < -0.3 is 5.32 Å². The number of benzene rings is 1. The number of carbonyl (C=O) groups excluding carboxylic acids is 1. The third-order valence-corrected chi connectivity index (χ3v) is 2.48. The SMILES string of the molecule is CCCCCCNC(=O)NNc1ccc(F)cc1. The molecule has 0 radical (unpaired) electrons. The zero-order valence-corrected chi connectivity index (χ0v) is 10.6. The molecular weight excluding hydrogens is 233 g/mol. The lowest BCUT2D eigenvalue weighted by atomic mass is 10.2. The van der Waals surface area contributed by atoms with Crippen LogP contribution in [0.15, 0.2) is 24.3 Å². The van der Waals surface area contributed by atoms with Crippen molar-refractivity contribution in [3.63, 3.8) is 0 Å². The van der Waals surface area contributed by atoms with Gasteiger partial charge in [0.25, 0.3) is 0 Å². The summed E-state index contributed by atoms with van der Waals surface area (Å²) in [6, 6.07) is 5.48. The van der Waals surface area contributed by atoms with Crippen LogP contribution in [0.25, 0.3) is 0 Å². The van der Waals surface area contributed by atoms with Gasteiger partial charge in [0.15, 0.2) is 0 Å². The van der Waals surface area contributed by atoms with Crippen molar-refractivity contribution in [2.24, 2.45) is 0 Å². The van der Waals surface area contributed by atoms with Gasteiger partial charge in [-0.2, -0.15) is 0 Å². The van der Waals surface area contributed by atoms with Gasteiger partial charge in [-0.1, -0.05) is 26.2 Å². The van der Waals surface area contributed by atoms with Crippen molar-refractivity contribution in [3.8, 4) is 0 Å². The zero-order chi connectivity index (χ0) is 13.2. The molecule has 0 fully saturated rings. The molecule has 0 atom stereocenters. The number of rotatable bonds is 7. The molecule has 0 spiro atoms. The van der Waals surface area contributed by atoms with E-state index in [4.69, 9.17) is 0 Å². The minimum absolute atomic E-state index is 0.282. The topological polar surface area (TPSA) is 53.2 Å². The number of hydrazine groups is 1. The van der Waals surface area contributed by atoms with Gasteiger partial charge in [-0.15, -0.1) is 0 Å². The first-order valence-electron chi connectivity index (χ1n) is 6.28. The Morgan fingerprint density at radius 2 is 1.89 bits per heavy atom. The van der Waals surface area contributed by atoms with Gasteiger partial charge >= 0.3 is 6.03 Å². The fourth-order valence-corrected chi connectivity index (χ4v) is 1.46. The van der Waals surface area contributed by atoms with E-state index >= 15 is 0 Å². The number of hydrogen-bond acceptors (Lipinski definition) is 2. The summed E-state index contributed by atoms with van der Waals surface area (Å²) in [4.78, 5) is 11.4. The Labute approximate surface area is 107 Å². The Hall–Kier alpha value is -1.78. The quantitative estimate of drug-likeness (QED) is 0.517. The lowest BCUT2D eigenvalue weighted by molar-refractivity contribution is 0.242. The molecular formula is C13H20FN3O. The first-order chi connectivity index (χ1) is 8.72. The van der Waals surface area contributed by atoms with Crippen molar-refractivity contribution >= 4 is 11.7 Å². The molecule has 0 unspecified atom stereocenters. The van der Waals surface area contributed by atoms with Crippen LogP contribution in [0, 0.1) is 5.82 Å². The van der Waals surface area contributed by atoms with Crippen LogP contribution in [0.3, 0.4) is 0 Å². The number of anilines is 1. The summed E-state index contributed by atoms with van der Waals surface area (Å²) in [6.07, 6.45) is 4.48. The van der Waals surface area contributed by atoms with E-state index in [-0.39, 0.29) is 11.8 Å². The van der Waals surface area contributed by atoms with Gasteiger partial charge in [-0.25, -0.2) is 9.18 Å². The van der Waals surface area contributed by atoms with E-state index < -0.39 is 0 Å². The van der Waals surface area contributed by atoms with Gasteiger partial charge in [-0.05, 0) is 30.7 Å². The highest BCUT2D eigenvalue weighted by Crippen LogP contribution is 2.06. The smallest absolute Gasteiger partial charge is 0.333 e. The molecule has 0 aromatic heterocycles. The summed E-state index contributed by atoms with van der Waals surface area (Å²) in [5.41, 5.74) is 5.82. The van der Waals surface area contributed by atoms with Crippen molar-refractivity contribution in [2.75, 3.05) is 12.0 Å². The lowest BCUT2D eigenvalue weighted by Gasteiger charge is -2.09. The van der Waals surface area contributed by atoms with E-state index in [2.05, 4.69) is 23.1 Å². The second kappa shape index (κ2) is 8.33. The molecule has 1 aromatic rings. The molecule has 0 saturated carbocycles. The van der Waals surface area contributed by atoms with Crippen molar-refractivity contribution in [2.45, 2.75) is 32.6 Å². The van der Waals surface area contributed by atoms with Crippen LogP contribution in [0.5, 0.6) is 0 Å². The second-order valence-electron chi connectivity index (χ2n) is 4.07. The van der Waals surface area contributed by atoms with Gasteiger partial charge in [0.05, 0.1) is 5.69 Å². The second-order valence-corrected chi connectivity index (χ2v) is 4.07. The molecule has 1 aromatic carbocycles. The Morgan fingerprint density at radius 1 is 1.17 bits per heavy atom. The van der Waals surface area contributed by atoms with Gasteiger partial charge in [-0.3, -0.25) is 10.9 Å². The number of amides is 2. The molecule has 1 rings (SSSR count). The van der Waals surface area contributed by atoms with Crippen molar-refractivity contribution in [1.82, 2.24) is 10.7 Å². The van der Waals surface area contributed by atoms with Crippen LogP contribution in [0.1, 0.15) is 32.6 Å². The van der Waals surface area contributed by atoms with Crippen LogP contribution in [-0.2, 0) is 0 Å². The van der Waals surface area contributed by atoms with Gasteiger partial charge in [0.1, 0.15) is 5.82 Å². The van der Waals surface area contributed by atoms with Crippen molar-refractivity contribution in [3.05, 3.63) is 30.1 Å². The minimum Gasteiger partial charge on any atom is -0.337 e. The van der Waals surface area contributed by atoms with Crippen LogP contribution in [-0.4, -0.2) is 12.6 Å². The molecule has 0 heterocycles. The van der Waals surface area contributed by atoms with Crippen LogP contribution < -0.4 is 16.2 Å². The molecule has 0 aliphatic heterocycles. The van der Waals surface area contributed by atoms with E-state index in [1.54, 1.807) is 12.1 Å². The summed E-state index contributed by atoms with van der Waals surface area (Å²) in [5.74, 6) is -0.305. The highest BCUT2D eigenvalue weighted by molar-refractivity contribution is 5.75. The molecule has 0 bridgehead atoms. The number of urea groups is 1. The maximum Gasteiger partial charge on any atom is 0.333 e. The average Bonchev–Trinajstić information content (AvgIpc) is 2.38. The number of halogens is 1. The Bertz CT molecular complexity index is 354. The number of hydrogen-bond donors (Lipinski definition) is 3. The third kappa shape index (κ3) is 6.08. The predicted octanol–water partition coefficient (Wildman–Crippen LogP) is 3.03. The molecule has 18 heavy (non-hydrogen) atoms. The van der Waals surface area contributed by atoms with Crippen LogP contribution in [0.2, 0.25) is 0 Å². The molecule has 0 aliphatic rings. The van der Waals surface area contributed by atoms with Crippen molar-refractivity contribution < 1.29 is 9.18 Å². The monoisotopic (exact) mass is 253 g/mol.